The first kappa shape index (κ1) is 19.6. The van der Waals surface area contributed by atoms with Gasteiger partial charge in [0, 0.05) is 43.7 Å². The van der Waals surface area contributed by atoms with E-state index in [1.54, 1.807) is 46.8 Å². The zero-order chi connectivity index (χ0) is 21.4. The molecule has 1 saturated heterocycles. The van der Waals surface area contributed by atoms with Gasteiger partial charge in [-0.15, -0.1) is 0 Å². The SMILES string of the molecule is CC(=O)Nc1ccc(NC(=O)c2c(N3CCCC3=O)c3cc(F)ccc3n2C)cc1. The number of fused-ring (bicyclic) bond motifs is 1. The molecule has 1 aromatic heterocycles. The van der Waals surface area contributed by atoms with Gasteiger partial charge in [0.2, 0.25) is 11.8 Å². The summed E-state index contributed by atoms with van der Waals surface area (Å²) in [5, 5.41) is 6.02. The Morgan fingerprint density at radius 3 is 2.30 bits per heavy atom. The highest BCUT2D eigenvalue weighted by molar-refractivity contribution is 6.17. The van der Waals surface area contributed by atoms with Crippen LogP contribution in [0.1, 0.15) is 30.3 Å². The van der Waals surface area contributed by atoms with Gasteiger partial charge in [-0.2, -0.15) is 0 Å². The number of carbonyl (C=O) groups excluding carboxylic acids is 3. The van der Waals surface area contributed by atoms with E-state index in [1.807, 2.05) is 0 Å². The Morgan fingerprint density at radius 1 is 1.03 bits per heavy atom. The number of halogens is 1. The van der Waals surface area contributed by atoms with Crippen molar-refractivity contribution in [1.82, 2.24) is 4.57 Å². The maximum atomic E-state index is 14.0. The van der Waals surface area contributed by atoms with Gasteiger partial charge in [0.05, 0.1) is 11.2 Å². The molecule has 2 heterocycles. The van der Waals surface area contributed by atoms with E-state index in [9.17, 15) is 18.8 Å². The van der Waals surface area contributed by atoms with Crippen LogP contribution in [0.3, 0.4) is 0 Å². The van der Waals surface area contributed by atoms with Crippen molar-refractivity contribution >= 4 is 45.7 Å². The number of nitrogens with one attached hydrogen (secondary N) is 2. The molecule has 0 bridgehead atoms. The summed E-state index contributed by atoms with van der Waals surface area (Å²) in [6.45, 7) is 1.90. The van der Waals surface area contributed by atoms with Crippen LogP contribution in [0, 0.1) is 5.82 Å². The van der Waals surface area contributed by atoms with Crippen LogP contribution in [0.25, 0.3) is 10.9 Å². The molecule has 4 rings (SSSR count). The normalized spacial score (nSPS) is 13.7. The van der Waals surface area contributed by atoms with Gasteiger partial charge in [-0.25, -0.2) is 4.39 Å². The van der Waals surface area contributed by atoms with Crippen molar-refractivity contribution in [2.45, 2.75) is 19.8 Å². The Hall–Kier alpha value is -3.68. The number of nitrogens with zero attached hydrogens (tertiary/aromatic N) is 2. The van der Waals surface area contributed by atoms with Crippen LogP contribution in [0.4, 0.5) is 21.5 Å². The molecule has 0 radical (unpaired) electrons. The lowest BCUT2D eigenvalue weighted by molar-refractivity contribution is -0.117. The highest BCUT2D eigenvalue weighted by atomic mass is 19.1. The minimum Gasteiger partial charge on any atom is -0.338 e. The summed E-state index contributed by atoms with van der Waals surface area (Å²) >= 11 is 0. The molecule has 1 fully saturated rings. The van der Waals surface area contributed by atoms with Gasteiger partial charge >= 0.3 is 0 Å². The molecule has 3 aromatic rings. The van der Waals surface area contributed by atoms with Crippen LogP contribution in [0.2, 0.25) is 0 Å². The van der Waals surface area contributed by atoms with Crippen molar-refractivity contribution in [1.29, 1.82) is 0 Å². The van der Waals surface area contributed by atoms with E-state index in [4.69, 9.17) is 0 Å². The highest BCUT2D eigenvalue weighted by Crippen LogP contribution is 2.36. The van der Waals surface area contributed by atoms with Crippen molar-refractivity contribution in [3.8, 4) is 0 Å². The number of aryl methyl sites for hydroxylation is 1. The van der Waals surface area contributed by atoms with Crippen LogP contribution in [-0.4, -0.2) is 28.8 Å². The Labute approximate surface area is 172 Å². The van der Waals surface area contributed by atoms with Crippen LogP contribution in [0.15, 0.2) is 42.5 Å². The van der Waals surface area contributed by atoms with E-state index >= 15 is 0 Å². The third-order valence-corrected chi connectivity index (χ3v) is 5.16. The quantitative estimate of drug-likeness (QED) is 0.691. The van der Waals surface area contributed by atoms with Crippen LogP contribution in [-0.2, 0) is 16.6 Å². The van der Waals surface area contributed by atoms with E-state index in [2.05, 4.69) is 10.6 Å². The molecule has 0 saturated carbocycles. The van der Waals surface area contributed by atoms with Crippen LogP contribution < -0.4 is 15.5 Å². The molecular weight excluding hydrogens is 387 g/mol. The lowest BCUT2D eigenvalue weighted by Crippen LogP contribution is -2.27. The van der Waals surface area contributed by atoms with Gasteiger partial charge in [-0.05, 0) is 48.9 Å². The number of benzene rings is 2. The second-order valence-electron chi connectivity index (χ2n) is 7.28. The van der Waals surface area contributed by atoms with Gasteiger partial charge in [0.1, 0.15) is 11.5 Å². The van der Waals surface area contributed by atoms with E-state index in [1.165, 1.54) is 19.1 Å². The average Bonchev–Trinajstić information content (AvgIpc) is 3.23. The van der Waals surface area contributed by atoms with E-state index in [0.29, 0.717) is 47.4 Å². The first-order valence-corrected chi connectivity index (χ1v) is 9.62. The summed E-state index contributed by atoms with van der Waals surface area (Å²) in [5.74, 6) is -1.10. The molecule has 0 atom stereocenters. The number of carbonyl (C=O) groups is 3. The van der Waals surface area contributed by atoms with Crippen molar-refractivity contribution < 1.29 is 18.8 Å². The summed E-state index contributed by atoms with van der Waals surface area (Å²) in [7, 11) is 1.72. The minimum absolute atomic E-state index is 0.0829. The van der Waals surface area contributed by atoms with Crippen molar-refractivity contribution in [2.75, 3.05) is 22.1 Å². The predicted octanol–water partition coefficient (Wildman–Crippen LogP) is 3.65. The van der Waals surface area contributed by atoms with Crippen molar-refractivity contribution in [2.24, 2.45) is 7.05 Å². The fourth-order valence-corrected chi connectivity index (χ4v) is 3.85. The molecule has 1 aliphatic heterocycles. The van der Waals surface area contributed by atoms with Gasteiger partial charge in [0.15, 0.2) is 0 Å². The Morgan fingerprint density at radius 2 is 1.70 bits per heavy atom. The van der Waals surface area contributed by atoms with E-state index < -0.39 is 11.7 Å². The topological polar surface area (TPSA) is 83.4 Å². The van der Waals surface area contributed by atoms with Gasteiger partial charge < -0.3 is 20.1 Å². The number of rotatable bonds is 4. The molecule has 2 aromatic carbocycles. The van der Waals surface area contributed by atoms with Crippen LogP contribution in [0.5, 0.6) is 0 Å². The molecule has 2 N–H and O–H groups in total. The summed E-state index contributed by atoms with van der Waals surface area (Å²) in [5.41, 5.74) is 2.53. The second-order valence-corrected chi connectivity index (χ2v) is 7.28. The predicted molar refractivity (Wildman–Crippen MR) is 113 cm³/mol. The summed E-state index contributed by atoms with van der Waals surface area (Å²) in [6.07, 6.45) is 1.09. The number of hydrogen-bond acceptors (Lipinski definition) is 3. The zero-order valence-electron chi connectivity index (χ0n) is 16.7. The lowest BCUT2D eigenvalue weighted by Gasteiger charge is -2.18. The van der Waals surface area contributed by atoms with Gasteiger partial charge in [-0.1, -0.05) is 0 Å². The minimum atomic E-state index is -0.429. The number of aromatic nitrogens is 1. The number of amides is 3. The van der Waals surface area contributed by atoms with Gasteiger partial charge in [0.25, 0.3) is 5.91 Å². The highest BCUT2D eigenvalue weighted by Gasteiger charge is 2.31. The molecular formula is C22H21FN4O3. The van der Waals surface area contributed by atoms with Crippen LogP contribution >= 0.6 is 0 Å². The van der Waals surface area contributed by atoms with E-state index in [0.717, 1.165) is 0 Å². The first-order chi connectivity index (χ1) is 14.3. The molecule has 7 nitrogen and oxygen atoms in total. The third kappa shape index (κ3) is 3.52. The summed E-state index contributed by atoms with van der Waals surface area (Å²) in [4.78, 5) is 38.4. The fourth-order valence-electron chi connectivity index (χ4n) is 3.85. The second kappa shape index (κ2) is 7.62. The smallest absolute Gasteiger partial charge is 0.274 e. The maximum absolute atomic E-state index is 14.0. The Kier molecular flexibility index (Phi) is 4.99. The summed E-state index contributed by atoms with van der Waals surface area (Å²) in [6, 6.07) is 11.0. The Bertz CT molecular complexity index is 1170. The molecule has 1 aliphatic rings. The summed E-state index contributed by atoms with van der Waals surface area (Å²) < 4.78 is 15.7. The monoisotopic (exact) mass is 408 g/mol. The average molecular weight is 408 g/mol. The van der Waals surface area contributed by atoms with Crippen molar-refractivity contribution in [3.05, 3.63) is 54.0 Å². The molecule has 8 heteroatoms. The fraction of sp³-hybridized carbons (Fsp3) is 0.227. The number of anilines is 3. The molecule has 3 amide bonds. The lowest BCUT2D eigenvalue weighted by atomic mass is 10.2. The maximum Gasteiger partial charge on any atom is 0.274 e. The first-order valence-electron chi connectivity index (χ1n) is 9.62. The van der Waals surface area contributed by atoms with E-state index in [-0.39, 0.29) is 17.5 Å². The molecule has 30 heavy (non-hydrogen) atoms. The standard InChI is InChI=1S/C22H21FN4O3/c1-13(28)24-15-6-8-16(9-7-15)25-22(30)21-20(27-11-3-4-19(27)29)17-12-14(23)5-10-18(17)26(21)2/h5-10,12H,3-4,11H2,1-2H3,(H,24,28)(H,25,30). The van der Waals surface area contributed by atoms with Gasteiger partial charge in [-0.3, -0.25) is 14.4 Å². The molecule has 0 aliphatic carbocycles. The zero-order valence-corrected chi connectivity index (χ0v) is 16.7. The Balaban J connectivity index is 1.74. The molecule has 154 valence electrons. The third-order valence-electron chi connectivity index (χ3n) is 5.16. The molecule has 0 spiro atoms. The number of hydrogen-bond donors (Lipinski definition) is 2. The molecule has 0 unspecified atom stereocenters. The largest absolute Gasteiger partial charge is 0.338 e. The van der Waals surface area contributed by atoms with Crippen molar-refractivity contribution in [3.63, 3.8) is 0 Å².